The van der Waals surface area contributed by atoms with E-state index in [2.05, 4.69) is 5.10 Å². The molecule has 4 aromatic rings. The van der Waals surface area contributed by atoms with Crippen molar-refractivity contribution in [3.63, 3.8) is 0 Å². The number of nitrogens with zero attached hydrogens (tertiary/aromatic N) is 6. The number of hydrazone groups is 1. The number of hydrogen-bond donors (Lipinski definition) is 1. The van der Waals surface area contributed by atoms with Crippen molar-refractivity contribution < 1.29 is 19.4 Å². The van der Waals surface area contributed by atoms with Crippen LogP contribution < -0.4 is 9.91 Å². The van der Waals surface area contributed by atoms with Crippen LogP contribution in [0.25, 0.3) is 5.69 Å². The van der Waals surface area contributed by atoms with E-state index in [0.29, 0.717) is 17.1 Å². The van der Waals surface area contributed by atoms with Crippen molar-refractivity contribution in [2.24, 2.45) is 22.9 Å². The minimum atomic E-state index is -0.623. The first-order valence-corrected chi connectivity index (χ1v) is 12.8. The number of carbonyl (C=O) groups is 2. The van der Waals surface area contributed by atoms with E-state index in [1.807, 2.05) is 65.7 Å². The molecule has 0 aliphatic carbocycles. The monoisotopic (exact) mass is 518 g/mol. The molecule has 4 aliphatic rings. The summed E-state index contributed by atoms with van der Waals surface area (Å²) in [5, 5.41) is 25.8. The molecule has 2 bridgehead atoms. The molecule has 6 atom stereocenters. The standard InChI is InChI=1S/C29H22N6O4/c36-19-13-11-16(12-14-19)33-28(37)21-22(29(33)38)27-25-23(26(21)39-27)24(32-34(25)17-7-3-1-4-8-17)20-15-30-35(31-20)18-9-5-2-6-10-18/h1-15,21-23,25-27,36H. The molecule has 5 heterocycles. The van der Waals surface area contributed by atoms with Gasteiger partial charge in [-0.2, -0.15) is 15.0 Å². The van der Waals surface area contributed by atoms with Crippen LogP contribution in [0.3, 0.4) is 0 Å². The first-order chi connectivity index (χ1) is 19.1. The number of ether oxygens (including phenoxy) is 1. The molecule has 0 radical (unpaired) electrons. The van der Waals surface area contributed by atoms with Gasteiger partial charge in [-0.25, -0.2) is 4.90 Å². The van der Waals surface area contributed by atoms with Gasteiger partial charge < -0.3 is 9.84 Å². The third-order valence-electron chi connectivity index (χ3n) is 8.16. The number of hydrogen-bond acceptors (Lipinski definition) is 8. The van der Waals surface area contributed by atoms with Gasteiger partial charge in [-0.15, -0.1) is 5.10 Å². The number of carbonyl (C=O) groups excluding carboxylic acids is 2. The summed E-state index contributed by atoms with van der Waals surface area (Å²) >= 11 is 0. The van der Waals surface area contributed by atoms with Crippen LogP contribution in [-0.4, -0.2) is 55.9 Å². The second-order valence-electron chi connectivity index (χ2n) is 10.2. The van der Waals surface area contributed by atoms with Crippen molar-refractivity contribution in [3.8, 4) is 11.4 Å². The lowest BCUT2D eigenvalue weighted by Crippen LogP contribution is -2.50. The van der Waals surface area contributed by atoms with Crippen molar-refractivity contribution in [1.29, 1.82) is 0 Å². The highest BCUT2D eigenvalue weighted by Crippen LogP contribution is 2.56. The van der Waals surface area contributed by atoms with Crippen LogP contribution in [0.4, 0.5) is 11.4 Å². The van der Waals surface area contributed by atoms with E-state index in [0.717, 1.165) is 11.4 Å². The number of rotatable bonds is 4. The third-order valence-corrected chi connectivity index (χ3v) is 8.16. The number of aromatic hydroxyl groups is 1. The number of phenolic OH excluding ortho intramolecular Hbond substituents is 1. The molecular formula is C29H22N6O4. The van der Waals surface area contributed by atoms with Gasteiger partial charge in [0.1, 0.15) is 11.4 Å². The largest absolute Gasteiger partial charge is 0.508 e. The van der Waals surface area contributed by atoms with Crippen LogP contribution in [0.2, 0.25) is 0 Å². The van der Waals surface area contributed by atoms with Crippen LogP contribution >= 0.6 is 0 Å². The van der Waals surface area contributed by atoms with E-state index in [1.54, 1.807) is 23.1 Å². The summed E-state index contributed by atoms with van der Waals surface area (Å²) in [5.74, 6) is -2.00. The van der Waals surface area contributed by atoms with Gasteiger partial charge in [0.2, 0.25) is 11.8 Å². The number of aromatic nitrogens is 3. The molecule has 10 heteroatoms. The van der Waals surface area contributed by atoms with E-state index in [1.165, 1.54) is 17.0 Å². The zero-order valence-electron chi connectivity index (χ0n) is 20.5. The number of imide groups is 1. The average molecular weight is 519 g/mol. The Morgan fingerprint density at radius 3 is 2.05 bits per heavy atom. The van der Waals surface area contributed by atoms with E-state index < -0.39 is 24.0 Å². The van der Waals surface area contributed by atoms with Gasteiger partial charge in [-0.05, 0) is 48.5 Å². The fourth-order valence-corrected chi connectivity index (χ4v) is 6.57. The molecular weight excluding hydrogens is 496 g/mol. The normalized spacial score (nSPS) is 28.7. The number of phenols is 1. The highest BCUT2D eigenvalue weighted by Gasteiger charge is 2.72. The first-order valence-electron chi connectivity index (χ1n) is 12.8. The molecule has 3 fully saturated rings. The number of anilines is 2. The Morgan fingerprint density at radius 2 is 1.36 bits per heavy atom. The van der Waals surface area contributed by atoms with Crippen LogP contribution in [0.5, 0.6) is 5.75 Å². The summed E-state index contributed by atoms with van der Waals surface area (Å²) in [4.78, 5) is 30.2. The lowest BCUT2D eigenvalue weighted by Gasteiger charge is -2.32. The van der Waals surface area contributed by atoms with Crippen molar-refractivity contribution in [3.05, 3.63) is 96.8 Å². The summed E-state index contributed by atoms with van der Waals surface area (Å²) in [5.41, 5.74) is 3.44. The topological polar surface area (TPSA) is 113 Å². The van der Waals surface area contributed by atoms with Crippen molar-refractivity contribution >= 4 is 28.9 Å². The molecule has 8 rings (SSSR count). The molecule has 1 N–H and O–H groups in total. The number of benzene rings is 3. The Labute approximate surface area is 222 Å². The van der Waals surface area contributed by atoms with Gasteiger partial charge in [0.15, 0.2) is 0 Å². The third kappa shape index (κ3) is 3.09. The molecule has 0 spiro atoms. The summed E-state index contributed by atoms with van der Waals surface area (Å²) < 4.78 is 6.46. The molecule has 192 valence electrons. The van der Waals surface area contributed by atoms with Gasteiger partial charge >= 0.3 is 0 Å². The van der Waals surface area contributed by atoms with Crippen LogP contribution in [0, 0.1) is 17.8 Å². The van der Waals surface area contributed by atoms with Gasteiger partial charge in [0.25, 0.3) is 0 Å². The predicted molar refractivity (Wildman–Crippen MR) is 140 cm³/mol. The molecule has 1 aromatic heterocycles. The fourth-order valence-electron chi connectivity index (χ4n) is 6.57. The van der Waals surface area contributed by atoms with Crippen LogP contribution in [0.15, 0.2) is 96.2 Å². The van der Waals surface area contributed by atoms with Crippen LogP contribution in [0.1, 0.15) is 5.69 Å². The summed E-state index contributed by atoms with van der Waals surface area (Å²) in [6.45, 7) is 0. The van der Waals surface area contributed by atoms with Gasteiger partial charge in [-0.1, -0.05) is 36.4 Å². The Balaban J connectivity index is 1.20. The molecule has 4 aliphatic heterocycles. The Kier molecular flexibility index (Phi) is 4.60. The SMILES string of the molecule is O=C1C2C3OC(C2C(=O)N1c1ccc(O)cc1)C1C3C(c2cnn(-c3ccccc3)n2)=NN1c1ccccc1. The van der Waals surface area contributed by atoms with Crippen molar-refractivity contribution in [1.82, 2.24) is 15.0 Å². The second kappa shape index (κ2) is 8.08. The van der Waals surface area contributed by atoms with Gasteiger partial charge in [0, 0.05) is 0 Å². The van der Waals surface area contributed by atoms with Crippen LogP contribution in [-0.2, 0) is 14.3 Å². The fraction of sp³-hybridized carbons (Fsp3) is 0.207. The van der Waals surface area contributed by atoms with E-state index in [-0.39, 0.29) is 29.5 Å². The summed E-state index contributed by atoms with van der Waals surface area (Å²) in [6, 6.07) is 25.2. The van der Waals surface area contributed by atoms with Crippen molar-refractivity contribution in [2.45, 2.75) is 18.2 Å². The highest BCUT2D eigenvalue weighted by molar-refractivity contribution is 6.23. The highest BCUT2D eigenvalue weighted by atomic mass is 16.5. The zero-order chi connectivity index (χ0) is 26.2. The minimum Gasteiger partial charge on any atom is -0.508 e. The maximum atomic E-state index is 13.7. The zero-order valence-corrected chi connectivity index (χ0v) is 20.5. The smallest absolute Gasteiger partial charge is 0.240 e. The average Bonchev–Trinajstić information content (AvgIpc) is 3.78. The number of amides is 2. The van der Waals surface area contributed by atoms with E-state index in [4.69, 9.17) is 14.9 Å². The molecule has 0 saturated carbocycles. The molecule has 10 nitrogen and oxygen atoms in total. The first kappa shape index (κ1) is 22.2. The van der Waals surface area contributed by atoms with E-state index in [9.17, 15) is 14.7 Å². The lowest BCUT2D eigenvalue weighted by atomic mass is 9.70. The summed E-state index contributed by atoms with van der Waals surface area (Å²) in [7, 11) is 0. The Hall–Kier alpha value is -4.83. The minimum absolute atomic E-state index is 0.0684. The number of para-hydroxylation sites is 2. The quantitative estimate of drug-likeness (QED) is 0.414. The Bertz CT molecular complexity index is 1640. The molecule has 39 heavy (non-hydrogen) atoms. The number of fused-ring (bicyclic) bond motifs is 8. The maximum Gasteiger partial charge on any atom is 0.240 e. The van der Waals surface area contributed by atoms with Gasteiger partial charge in [-0.3, -0.25) is 14.6 Å². The summed E-state index contributed by atoms with van der Waals surface area (Å²) in [6.07, 6.45) is 0.637. The molecule has 3 aromatic carbocycles. The molecule has 2 amide bonds. The second-order valence-corrected chi connectivity index (χ2v) is 10.2. The molecule has 3 saturated heterocycles. The predicted octanol–water partition coefficient (Wildman–Crippen LogP) is 2.77. The molecule has 6 unspecified atom stereocenters. The maximum absolute atomic E-state index is 13.7. The van der Waals surface area contributed by atoms with Crippen molar-refractivity contribution in [2.75, 3.05) is 9.91 Å². The van der Waals surface area contributed by atoms with Gasteiger partial charge in [0.05, 0.1) is 65.0 Å². The lowest BCUT2D eigenvalue weighted by molar-refractivity contribution is -0.125. The Morgan fingerprint density at radius 1 is 0.718 bits per heavy atom. The van der Waals surface area contributed by atoms with E-state index >= 15 is 0 Å².